The number of hydrogen-bond acceptors (Lipinski definition) is 6. The van der Waals surface area contributed by atoms with Crippen LogP contribution in [0.25, 0.3) is 11.1 Å². The van der Waals surface area contributed by atoms with Gasteiger partial charge in [-0.15, -0.1) is 0 Å². The molecule has 0 radical (unpaired) electrons. The van der Waals surface area contributed by atoms with E-state index in [0.29, 0.717) is 23.8 Å². The number of ether oxygens (including phenoxy) is 2. The highest BCUT2D eigenvalue weighted by atomic mass is 16.5. The molecule has 1 fully saturated rings. The van der Waals surface area contributed by atoms with E-state index in [-0.39, 0.29) is 11.9 Å². The number of amides is 1. The minimum atomic E-state index is -0.142. The zero-order valence-electron chi connectivity index (χ0n) is 18.9. The lowest BCUT2D eigenvalue weighted by Crippen LogP contribution is -2.31. The van der Waals surface area contributed by atoms with Gasteiger partial charge in [0.25, 0.3) is 5.91 Å². The molecule has 2 heterocycles. The first-order chi connectivity index (χ1) is 15.5. The van der Waals surface area contributed by atoms with Crippen LogP contribution < -0.4 is 14.4 Å². The Hall–Kier alpha value is -3.61. The molecule has 1 aromatic heterocycles. The summed E-state index contributed by atoms with van der Waals surface area (Å²) in [7, 11) is 7.08. The van der Waals surface area contributed by atoms with Crippen LogP contribution in [0.3, 0.4) is 0 Å². The molecule has 3 aromatic rings. The van der Waals surface area contributed by atoms with Crippen LogP contribution in [0.5, 0.6) is 11.5 Å². The fraction of sp³-hybridized carbons (Fsp3) is 0.320. The number of hydrogen-bond donors (Lipinski definition) is 0. The number of carbonyl (C=O) groups excluding carboxylic acids is 1. The van der Waals surface area contributed by atoms with Crippen molar-refractivity contribution in [1.82, 2.24) is 14.9 Å². The molecule has 7 heteroatoms. The van der Waals surface area contributed by atoms with Gasteiger partial charge in [0.05, 0.1) is 26.0 Å². The van der Waals surface area contributed by atoms with Gasteiger partial charge in [0, 0.05) is 38.0 Å². The SMILES string of the molecule is COc1cccc(C(=O)N2CCCC2c2nc(N(C)C)ncc2-c2cccc(OC)c2)c1. The summed E-state index contributed by atoms with van der Waals surface area (Å²) in [5, 5.41) is 0. The van der Waals surface area contributed by atoms with E-state index in [9.17, 15) is 4.79 Å². The average molecular weight is 433 g/mol. The van der Waals surface area contributed by atoms with Gasteiger partial charge >= 0.3 is 0 Å². The second kappa shape index (κ2) is 9.26. The van der Waals surface area contributed by atoms with E-state index in [1.807, 2.05) is 72.6 Å². The van der Waals surface area contributed by atoms with Crippen molar-refractivity contribution >= 4 is 11.9 Å². The summed E-state index contributed by atoms with van der Waals surface area (Å²) >= 11 is 0. The summed E-state index contributed by atoms with van der Waals surface area (Å²) in [6.45, 7) is 0.680. The van der Waals surface area contributed by atoms with E-state index in [2.05, 4.69) is 4.98 Å². The highest BCUT2D eigenvalue weighted by Gasteiger charge is 2.34. The second-order valence-electron chi connectivity index (χ2n) is 7.98. The topological polar surface area (TPSA) is 67.8 Å². The molecule has 4 rings (SSSR count). The molecule has 1 unspecified atom stereocenters. The van der Waals surface area contributed by atoms with Crippen LogP contribution in [0.1, 0.15) is 34.9 Å². The molecule has 166 valence electrons. The molecule has 0 spiro atoms. The molecule has 7 nitrogen and oxygen atoms in total. The third-order valence-electron chi connectivity index (χ3n) is 5.73. The van der Waals surface area contributed by atoms with Crippen molar-refractivity contribution in [2.45, 2.75) is 18.9 Å². The standard InChI is InChI=1S/C25H28N4O3/c1-28(2)25-26-16-21(17-8-5-10-19(14-17)31-3)23(27-25)22-12-7-13-29(22)24(30)18-9-6-11-20(15-18)32-4/h5-6,8-11,14-16,22H,7,12-13H2,1-4H3. The first-order valence-electron chi connectivity index (χ1n) is 10.7. The second-order valence-corrected chi connectivity index (χ2v) is 7.98. The van der Waals surface area contributed by atoms with E-state index in [4.69, 9.17) is 14.5 Å². The quantitative estimate of drug-likeness (QED) is 0.581. The van der Waals surface area contributed by atoms with Gasteiger partial charge in [0.2, 0.25) is 5.95 Å². The zero-order chi connectivity index (χ0) is 22.7. The van der Waals surface area contributed by atoms with E-state index in [0.717, 1.165) is 35.4 Å². The number of methoxy groups -OCH3 is 2. The van der Waals surface area contributed by atoms with Gasteiger partial charge in [-0.3, -0.25) is 4.79 Å². The summed E-state index contributed by atoms with van der Waals surface area (Å²) in [5.74, 6) is 2.03. The first kappa shape index (κ1) is 21.6. The molecular formula is C25H28N4O3. The fourth-order valence-electron chi connectivity index (χ4n) is 4.08. The fourth-order valence-corrected chi connectivity index (χ4v) is 4.08. The molecule has 0 saturated carbocycles. The average Bonchev–Trinajstić information content (AvgIpc) is 3.33. The van der Waals surface area contributed by atoms with Crippen molar-refractivity contribution in [1.29, 1.82) is 0 Å². The molecule has 0 N–H and O–H groups in total. The predicted octanol–water partition coefficient (Wildman–Crippen LogP) is 4.20. The molecule has 1 aliphatic heterocycles. The van der Waals surface area contributed by atoms with Crippen molar-refractivity contribution in [2.75, 3.05) is 39.8 Å². The Balaban J connectivity index is 1.77. The number of rotatable bonds is 6. The third-order valence-corrected chi connectivity index (χ3v) is 5.73. The lowest BCUT2D eigenvalue weighted by atomic mass is 9.99. The summed E-state index contributed by atoms with van der Waals surface area (Å²) in [4.78, 5) is 26.7. The van der Waals surface area contributed by atoms with Crippen LogP contribution in [0.2, 0.25) is 0 Å². The zero-order valence-corrected chi connectivity index (χ0v) is 18.9. The molecule has 0 bridgehead atoms. The molecule has 1 amide bonds. The van der Waals surface area contributed by atoms with Crippen LogP contribution in [-0.2, 0) is 0 Å². The highest BCUT2D eigenvalue weighted by molar-refractivity contribution is 5.95. The van der Waals surface area contributed by atoms with E-state index >= 15 is 0 Å². The van der Waals surface area contributed by atoms with Crippen molar-refractivity contribution < 1.29 is 14.3 Å². The lowest BCUT2D eigenvalue weighted by Gasteiger charge is -2.27. The van der Waals surface area contributed by atoms with Gasteiger partial charge in [0.15, 0.2) is 0 Å². The number of benzene rings is 2. The molecule has 2 aromatic carbocycles. The van der Waals surface area contributed by atoms with Gasteiger partial charge in [-0.1, -0.05) is 18.2 Å². The number of anilines is 1. The van der Waals surface area contributed by atoms with Gasteiger partial charge in [-0.2, -0.15) is 0 Å². The van der Waals surface area contributed by atoms with Gasteiger partial charge in [0.1, 0.15) is 11.5 Å². The van der Waals surface area contributed by atoms with E-state index in [1.165, 1.54) is 0 Å². The molecular weight excluding hydrogens is 404 g/mol. The summed E-state index contributed by atoms with van der Waals surface area (Å²) in [5.41, 5.74) is 3.34. The van der Waals surface area contributed by atoms with Crippen molar-refractivity contribution in [3.8, 4) is 22.6 Å². The smallest absolute Gasteiger partial charge is 0.254 e. The Labute approximate surface area is 188 Å². The Kier molecular flexibility index (Phi) is 6.25. The predicted molar refractivity (Wildman–Crippen MR) is 124 cm³/mol. The number of likely N-dealkylation sites (tertiary alicyclic amines) is 1. The first-order valence-corrected chi connectivity index (χ1v) is 10.7. The highest BCUT2D eigenvalue weighted by Crippen LogP contribution is 2.38. The van der Waals surface area contributed by atoms with Crippen LogP contribution in [0.4, 0.5) is 5.95 Å². The van der Waals surface area contributed by atoms with E-state index < -0.39 is 0 Å². The molecule has 1 aliphatic rings. The Morgan fingerprint density at radius 3 is 2.50 bits per heavy atom. The number of aromatic nitrogens is 2. The van der Waals surface area contributed by atoms with Crippen molar-refractivity contribution in [3.05, 3.63) is 66.0 Å². The maximum Gasteiger partial charge on any atom is 0.254 e. The normalized spacial score (nSPS) is 15.5. The minimum Gasteiger partial charge on any atom is -0.497 e. The largest absolute Gasteiger partial charge is 0.497 e. The van der Waals surface area contributed by atoms with Crippen molar-refractivity contribution in [3.63, 3.8) is 0 Å². The Morgan fingerprint density at radius 1 is 1.06 bits per heavy atom. The monoisotopic (exact) mass is 432 g/mol. The van der Waals surface area contributed by atoms with Crippen molar-refractivity contribution in [2.24, 2.45) is 0 Å². The van der Waals surface area contributed by atoms with Crippen LogP contribution in [0.15, 0.2) is 54.7 Å². The van der Waals surface area contributed by atoms with Crippen LogP contribution in [0, 0.1) is 0 Å². The van der Waals surface area contributed by atoms with Crippen LogP contribution in [-0.4, -0.2) is 55.6 Å². The van der Waals surface area contributed by atoms with E-state index in [1.54, 1.807) is 20.3 Å². The number of carbonyl (C=O) groups is 1. The van der Waals surface area contributed by atoms with Gasteiger partial charge < -0.3 is 19.3 Å². The third kappa shape index (κ3) is 4.23. The maximum atomic E-state index is 13.5. The summed E-state index contributed by atoms with van der Waals surface area (Å²) in [6.07, 6.45) is 3.61. The van der Waals surface area contributed by atoms with Gasteiger partial charge in [-0.05, 0) is 48.7 Å². The molecule has 32 heavy (non-hydrogen) atoms. The molecule has 1 atom stereocenters. The summed E-state index contributed by atoms with van der Waals surface area (Å²) in [6, 6.07) is 15.0. The molecule has 1 saturated heterocycles. The van der Waals surface area contributed by atoms with Gasteiger partial charge in [-0.25, -0.2) is 9.97 Å². The maximum absolute atomic E-state index is 13.5. The Morgan fingerprint density at radius 2 is 1.78 bits per heavy atom. The Bertz CT molecular complexity index is 1120. The molecule has 0 aliphatic carbocycles. The van der Waals surface area contributed by atoms with Crippen LogP contribution >= 0.6 is 0 Å². The minimum absolute atomic E-state index is 0.0204. The summed E-state index contributed by atoms with van der Waals surface area (Å²) < 4.78 is 10.7. The number of nitrogens with zero attached hydrogens (tertiary/aromatic N) is 4. The lowest BCUT2D eigenvalue weighted by molar-refractivity contribution is 0.0733.